The number of ether oxygens (including phenoxy) is 1. The van der Waals surface area contributed by atoms with Gasteiger partial charge in [-0.25, -0.2) is 4.98 Å². The molecule has 5 aromatic rings. The molecule has 0 saturated heterocycles. The summed E-state index contributed by atoms with van der Waals surface area (Å²) >= 11 is 0. The third-order valence-electron chi connectivity index (χ3n) is 5.61. The van der Waals surface area contributed by atoms with E-state index in [4.69, 9.17) is 10.5 Å². The molecular weight excluding hydrogens is 488 g/mol. The van der Waals surface area contributed by atoms with Crippen LogP contribution in [0.15, 0.2) is 89.6 Å². The van der Waals surface area contributed by atoms with Gasteiger partial charge in [-0.3, -0.25) is 14.6 Å². The minimum atomic E-state index is -0.782. The van der Waals surface area contributed by atoms with E-state index in [1.165, 1.54) is 29.5 Å². The van der Waals surface area contributed by atoms with Gasteiger partial charge in [-0.15, -0.1) is 10.2 Å². The van der Waals surface area contributed by atoms with E-state index >= 15 is 0 Å². The number of nitrogens with two attached hydrogens (primary N) is 1. The number of phenols is 1. The second-order valence-electron chi connectivity index (χ2n) is 7.95. The van der Waals surface area contributed by atoms with Gasteiger partial charge in [0.05, 0.1) is 25.1 Å². The van der Waals surface area contributed by atoms with Crippen LogP contribution in [0.5, 0.6) is 11.5 Å². The number of azo groups is 1. The predicted octanol–water partition coefficient (Wildman–Crippen LogP) is 4.30. The first-order chi connectivity index (χ1) is 18.5. The SMILES string of the molecule is COc1ccc(NC(=O)c2cc3ccccc3c(/N=N/c3c(C(N)=O)cnn3-c3cnccn3)c2O)cc1. The molecule has 0 radical (unpaired) electrons. The van der Waals surface area contributed by atoms with Crippen molar-refractivity contribution in [2.75, 3.05) is 12.4 Å². The van der Waals surface area contributed by atoms with Gasteiger partial charge in [0.1, 0.15) is 17.0 Å². The van der Waals surface area contributed by atoms with Crippen LogP contribution in [0.2, 0.25) is 0 Å². The number of carbonyl (C=O) groups is 2. The third-order valence-corrected chi connectivity index (χ3v) is 5.61. The molecule has 0 aliphatic rings. The first-order valence-electron chi connectivity index (χ1n) is 11.2. The number of primary amides is 1. The number of benzene rings is 3. The summed E-state index contributed by atoms with van der Waals surface area (Å²) in [4.78, 5) is 33.3. The van der Waals surface area contributed by atoms with Crippen molar-refractivity contribution in [1.29, 1.82) is 0 Å². The quantitative estimate of drug-likeness (QED) is 0.275. The fourth-order valence-electron chi connectivity index (χ4n) is 3.74. The summed E-state index contributed by atoms with van der Waals surface area (Å²) in [6.45, 7) is 0. The van der Waals surface area contributed by atoms with Crippen molar-refractivity contribution in [2.45, 2.75) is 0 Å². The largest absolute Gasteiger partial charge is 0.505 e. The van der Waals surface area contributed by atoms with Crippen LogP contribution in [0.1, 0.15) is 20.7 Å². The summed E-state index contributed by atoms with van der Waals surface area (Å²) in [5.74, 6) is -0.849. The smallest absolute Gasteiger partial charge is 0.259 e. The molecule has 0 unspecified atom stereocenters. The molecule has 0 atom stereocenters. The lowest BCUT2D eigenvalue weighted by atomic mass is 10.0. The highest BCUT2D eigenvalue weighted by Gasteiger charge is 2.21. The van der Waals surface area contributed by atoms with Gasteiger partial charge >= 0.3 is 0 Å². The van der Waals surface area contributed by atoms with Gasteiger partial charge in [0, 0.05) is 23.5 Å². The topological polar surface area (TPSA) is 170 Å². The molecule has 3 aromatic carbocycles. The lowest BCUT2D eigenvalue weighted by Crippen LogP contribution is -2.12. The Morgan fingerprint density at radius 1 is 1.03 bits per heavy atom. The average Bonchev–Trinajstić information content (AvgIpc) is 3.37. The lowest BCUT2D eigenvalue weighted by Gasteiger charge is -2.11. The van der Waals surface area contributed by atoms with Crippen molar-refractivity contribution in [3.63, 3.8) is 0 Å². The summed E-state index contributed by atoms with van der Waals surface area (Å²) < 4.78 is 6.39. The van der Waals surface area contributed by atoms with Crippen LogP contribution in [0.3, 0.4) is 0 Å². The van der Waals surface area contributed by atoms with E-state index in [9.17, 15) is 14.7 Å². The Hall–Kier alpha value is -5.65. The maximum atomic E-state index is 13.1. The molecule has 4 N–H and O–H groups in total. The zero-order chi connectivity index (χ0) is 26.6. The third kappa shape index (κ3) is 4.60. The Morgan fingerprint density at radius 2 is 1.82 bits per heavy atom. The van der Waals surface area contributed by atoms with E-state index in [0.29, 0.717) is 22.2 Å². The molecule has 2 heterocycles. The van der Waals surface area contributed by atoms with Crippen molar-refractivity contribution in [3.8, 4) is 17.3 Å². The summed E-state index contributed by atoms with van der Waals surface area (Å²) in [6.07, 6.45) is 5.60. The molecule has 188 valence electrons. The van der Waals surface area contributed by atoms with Gasteiger partial charge in [0.2, 0.25) is 0 Å². The normalized spacial score (nSPS) is 11.1. The molecule has 5 rings (SSSR count). The van der Waals surface area contributed by atoms with E-state index in [1.54, 1.807) is 61.7 Å². The number of nitrogens with one attached hydrogen (secondary N) is 1. The second-order valence-corrected chi connectivity index (χ2v) is 7.95. The number of nitrogens with zero attached hydrogens (tertiary/aromatic N) is 6. The Labute approximate surface area is 215 Å². The zero-order valence-electron chi connectivity index (χ0n) is 19.9. The van der Waals surface area contributed by atoms with Crippen molar-refractivity contribution in [2.24, 2.45) is 16.0 Å². The lowest BCUT2D eigenvalue weighted by molar-refractivity contribution is 0.0997. The number of phenolic OH excluding ortho intramolecular Hbond substituents is 1. The van der Waals surface area contributed by atoms with Crippen LogP contribution in [-0.4, -0.2) is 43.8 Å². The number of rotatable bonds is 7. The van der Waals surface area contributed by atoms with Crippen LogP contribution in [-0.2, 0) is 0 Å². The standard InChI is InChI=1S/C26H20N8O4/c1-38-17-8-6-16(7-9-17)31-26(37)19-12-15-4-2-3-5-18(15)22(23(19)35)32-33-25-20(24(27)36)13-30-34(25)21-14-28-10-11-29-21/h2-14,35H,1H3,(H2,27,36)(H,31,37)/b33-32+. The highest BCUT2D eigenvalue weighted by molar-refractivity contribution is 6.11. The zero-order valence-corrected chi connectivity index (χ0v) is 19.9. The summed E-state index contributed by atoms with van der Waals surface area (Å²) in [5.41, 5.74) is 6.00. The van der Waals surface area contributed by atoms with E-state index in [-0.39, 0.29) is 28.5 Å². The number of carbonyl (C=O) groups excluding carboxylic acids is 2. The number of amides is 2. The first-order valence-corrected chi connectivity index (χ1v) is 11.2. The van der Waals surface area contributed by atoms with Crippen LogP contribution < -0.4 is 15.8 Å². The molecule has 0 spiro atoms. The van der Waals surface area contributed by atoms with Gasteiger partial charge in [-0.2, -0.15) is 9.78 Å². The Morgan fingerprint density at radius 3 is 2.53 bits per heavy atom. The minimum absolute atomic E-state index is 0.0170. The Kier molecular flexibility index (Phi) is 6.42. The monoisotopic (exact) mass is 508 g/mol. The van der Waals surface area contributed by atoms with Crippen LogP contribution in [0.25, 0.3) is 16.6 Å². The molecule has 38 heavy (non-hydrogen) atoms. The van der Waals surface area contributed by atoms with E-state index < -0.39 is 17.6 Å². The molecule has 2 amide bonds. The van der Waals surface area contributed by atoms with Gasteiger partial charge in [-0.05, 0) is 35.7 Å². The van der Waals surface area contributed by atoms with Gasteiger partial charge < -0.3 is 20.9 Å². The average molecular weight is 508 g/mol. The molecule has 0 saturated carbocycles. The van der Waals surface area contributed by atoms with Gasteiger partial charge in [0.25, 0.3) is 11.8 Å². The molecule has 12 nitrogen and oxygen atoms in total. The minimum Gasteiger partial charge on any atom is -0.505 e. The van der Waals surface area contributed by atoms with Crippen LogP contribution in [0.4, 0.5) is 17.2 Å². The highest BCUT2D eigenvalue weighted by Crippen LogP contribution is 2.40. The van der Waals surface area contributed by atoms with Crippen LogP contribution in [0, 0.1) is 0 Å². The predicted molar refractivity (Wildman–Crippen MR) is 138 cm³/mol. The Bertz CT molecular complexity index is 1680. The Balaban J connectivity index is 1.59. The molecular formula is C26H20N8O4. The van der Waals surface area contributed by atoms with Crippen molar-refractivity contribution < 1.29 is 19.4 Å². The first kappa shape index (κ1) is 24.1. The number of hydrogen-bond donors (Lipinski definition) is 3. The summed E-state index contributed by atoms with van der Waals surface area (Å²) in [7, 11) is 1.55. The number of aromatic nitrogens is 4. The molecule has 2 aromatic heterocycles. The van der Waals surface area contributed by atoms with Crippen LogP contribution >= 0.6 is 0 Å². The van der Waals surface area contributed by atoms with Crippen molar-refractivity contribution in [3.05, 3.63) is 90.5 Å². The summed E-state index contributed by atoms with van der Waals surface area (Å²) in [5, 5.41) is 27.6. The van der Waals surface area contributed by atoms with E-state index in [0.717, 1.165) is 0 Å². The fraction of sp³-hybridized carbons (Fsp3) is 0.0385. The summed E-state index contributed by atoms with van der Waals surface area (Å²) in [6, 6.07) is 15.4. The van der Waals surface area contributed by atoms with Gasteiger partial charge in [-0.1, -0.05) is 24.3 Å². The molecule has 0 aliphatic heterocycles. The molecule has 12 heteroatoms. The van der Waals surface area contributed by atoms with E-state index in [2.05, 4.69) is 30.6 Å². The molecule has 0 bridgehead atoms. The second kappa shape index (κ2) is 10.1. The number of fused-ring (bicyclic) bond motifs is 1. The fourth-order valence-corrected chi connectivity index (χ4v) is 3.74. The highest BCUT2D eigenvalue weighted by atomic mass is 16.5. The van der Waals surface area contributed by atoms with Crippen molar-refractivity contribution in [1.82, 2.24) is 19.7 Å². The van der Waals surface area contributed by atoms with Crippen molar-refractivity contribution >= 4 is 39.8 Å². The maximum Gasteiger partial charge on any atom is 0.259 e. The van der Waals surface area contributed by atoms with Gasteiger partial charge in [0.15, 0.2) is 17.4 Å². The van der Waals surface area contributed by atoms with E-state index in [1.807, 2.05) is 0 Å². The number of hydrogen-bond acceptors (Lipinski definition) is 9. The number of aromatic hydroxyl groups is 1. The molecule has 0 aliphatic carbocycles. The number of methoxy groups -OCH3 is 1. The molecule has 0 fully saturated rings. The number of anilines is 1. The maximum absolute atomic E-state index is 13.1.